The predicted molar refractivity (Wildman–Crippen MR) is 55.3 cm³/mol. The number of hydrogen-bond acceptors (Lipinski definition) is 5. The summed E-state index contributed by atoms with van der Waals surface area (Å²) < 4.78 is 2.67. The standard InChI is InChI=1S/C8H12Cl2O6/c1-2-3-4-5-8(9,10)14-7(13)16-15-6(11)12/h2-5H2,1H3,(H,11,12). The second kappa shape index (κ2) is 7.40. The lowest BCUT2D eigenvalue weighted by atomic mass is 10.2. The van der Waals surface area contributed by atoms with Crippen molar-refractivity contribution in [2.45, 2.75) is 37.1 Å². The van der Waals surface area contributed by atoms with Crippen molar-refractivity contribution in [1.29, 1.82) is 0 Å². The SMILES string of the molecule is CCCCCC(Cl)(Cl)OC(=O)OOC(=O)O. The molecule has 16 heavy (non-hydrogen) atoms. The lowest BCUT2D eigenvalue weighted by Crippen LogP contribution is -2.24. The Kier molecular flexibility index (Phi) is 7.00. The largest absolute Gasteiger partial charge is 0.552 e. The maximum atomic E-state index is 10.8. The highest BCUT2D eigenvalue weighted by Gasteiger charge is 2.30. The molecule has 0 amide bonds. The summed E-state index contributed by atoms with van der Waals surface area (Å²) in [7, 11) is 0. The molecule has 1 N–H and O–H groups in total. The van der Waals surface area contributed by atoms with Crippen molar-refractivity contribution in [3.8, 4) is 0 Å². The van der Waals surface area contributed by atoms with E-state index in [1.54, 1.807) is 0 Å². The molecule has 0 aromatic rings. The molecule has 0 heterocycles. The number of unbranched alkanes of at least 4 members (excludes halogenated alkanes) is 2. The van der Waals surface area contributed by atoms with Crippen LogP contribution in [-0.2, 0) is 14.5 Å². The molecule has 94 valence electrons. The van der Waals surface area contributed by atoms with Crippen LogP contribution in [0.1, 0.15) is 32.6 Å². The molecule has 6 nitrogen and oxygen atoms in total. The fraction of sp³-hybridized carbons (Fsp3) is 0.750. The van der Waals surface area contributed by atoms with Gasteiger partial charge in [0.15, 0.2) is 0 Å². The fourth-order valence-corrected chi connectivity index (χ4v) is 1.23. The van der Waals surface area contributed by atoms with E-state index in [1.165, 1.54) is 0 Å². The summed E-state index contributed by atoms with van der Waals surface area (Å²) in [5.41, 5.74) is 0. The molecule has 0 aromatic heterocycles. The summed E-state index contributed by atoms with van der Waals surface area (Å²) in [6.07, 6.45) is -0.480. The van der Waals surface area contributed by atoms with Crippen LogP contribution < -0.4 is 0 Å². The predicted octanol–water partition coefficient (Wildman–Crippen LogP) is 3.46. The van der Waals surface area contributed by atoms with E-state index < -0.39 is 16.8 Å². The molecular formula is C8H12Cl2O6. The Morgan fingerprint density at radius 2 is 1.88 bits per heavy atom. The minimum atomic E-state index is -1.78. The van der Waals surface area contributed by atoms with E-state index >= 15 is 0 Å². The van der Waals surface area contributed by atoms with Crippen molar-refractivity contribution in [3.63, 3.8) is 0 Å². The zero-order valence-electron chi connectivity index (χ0n) is 8.57. The third-order valence-electron chi connectivity index (χ3n) is 1.49. The van der Waals surface area contributed by atoms with E-state index in [2.05, 4.69) is 14.5 Å². The normalized spacial score (nSPS) is 10.7. The van der Waals surface area contributed by atoms with Crippen LogP contribution in [0.4, 0.5) is 9.59 Å². The summed E-state index contributed by atoms with van der Waals surface area (Å²) in [4.78, 5) is 27.9. The van der Waals surface area contributed by atoms with Gasteiger partial charge in [0.25, 0.3) is 4.52 Å². The van der Waals surface area contributed by atoms with E-state index in [-0.39, 0.29) is 6.42 Å². The Balaban J connectivity index is 3.85. The molecule has 0 aromatic carbocycles. The van der Waals surface area contributed by atoms with Crippen LogP contribution >= 0.6 is 23.2 Å². The minimum Gasteiger partial charge on any atom is -0.447 e. The molecule has 0 saturated heterocycles. The van der Waals surface area contributed by atoms with E-state index in [1.807, 2.05) is 6.92 Å². The van der Waals surface area contributed by atoms with Gasteiger partial charge in [-0.15, -0.1) is 0 Å². The molecule has 0 atom stereocenters. The van der Waals surface area contributed by atoms with Crippen LogP contribution in [0.2, 0.25) is 0 Å². The lowest BCUT2D eigenvalue weighted by molar-refractivity contribution is -0.216. The van der Waals surface area contributed by atoms with Crippen LogP contribution in [-0.4, -0.2) is 21.9 Å². The zero-order valence-corrected chi connectivity index (χ0v) is 10.1. The number of ether oxygens (including phenoxy) is 1. The highest BCUT2D eigenvalue weighted by molar-refractivity contribution is 6.47. The Bertz CT molecular complexity index is 243. The van der Waals surface area contributed by atoms with E-state index in [0.29, 0.717) is 6.42 Å². The first kappa shape index (κ1) is 15.1. The summed E-state index contributed by atoms with van der Waals surface area (Å²) in [6.45, 7) is 1.99. The second-order valence-electron chi connectivity index (χ2n) is 2.88. The molecule has 8 heteroatoms. The van der Waals surface area contributed by atoms with Crippen molar-refractivity contribution < 1.29 is 29.2 Å². The third kappa shape index (κ3) is 8.43. The van der Waals surface area contributed by atoms with Crippen molar-refractivity contribution in [2.75, 3.05) is 0 Å². The topological polar surface area (TPSA) is 82.1 Å². The van der Waals surface area contributed by atoms with Gasteiger partial charge in [-0.1, -0.05) is 43.0 Å². The van der Waals surface area contributed by atoms with Gasteiger partial charge in [0.05, 0.1) is 0 Å². The Hall–Kier alpha value is -0.880. The average Bonchev–Trinajstić information content (AvgIpc) is 2.14. The Morgan fingerprint density at radius 1 is 1.25 bits per heavy atom. The second-order valence-corrected chi connectivity index (χ2v) is 4.29. The van der Waals surface area contributed by atoms with Gasteiger partial charge < -0.3 is 9.84 Å². The van der Waals surface area contributed by atoms with Crippen LogP contribution in [0.25, 0.3) is 0 Å². The van der Waals surface area contributed by atoms with Gasteiger partial charge in [-0.3, -0.25) is 0 Å². The number of carbonyl (C=O) groups excluding carboxylic acids is 1. The number of halogens is 2. The van der Waals surface area contributed by atoms with Gasteiger partial charge in [0.1, 0.15) is 0 Å². The van der Waals surface area contributed by atoms with Crippen molar-refractivity contribution in [1.82, 2.24) is 0 Å². The first-order valence-electron chi connectivity index (χ1n) is 4.55. The molecule has 0 bridgehead atoms. The van der Waals surface area contributed by atoms with E-state index in [0.717, 1.165) is 12.8 Å². The maximum absolute atomic E-state index is 10.8. The van der Waals surface area contributed by atoms with Crippen LogP contribution in [0.15, 0.2) is 0 Å². The number of rotatable bonds is 5. The van der Waals surface area contributed by atoms with Crippen molar-refractivity contribution in [2.24, 2.45) is 0 Å². The fourth-order valence-electron chi connectivity index (χ4n) is 0.840. The first-order valence-corrected chi connectivity index (χ1v) is 5.31. The highest BCUT2D eigenvalue weighted by atomic mass is 35.5. The zero-order chi connectivity index (χ0) is 12.6. The first-order chi connectivity index (χ1) is 7.37. The summed E-state index contributed by atoms with van der Waals surface area (Å²) >= 11 is 11.2. The average molecular weight is 275 g/mol. The lowest BCUT2D eigenvalue weighted by Gasteiger charge is -2.18. The summed E-state index contributed by atoms with van der Waals surface area (Å²) in [5, 5.41) is 8.01. The summed E-state index contributed by atoms with van der Waals surface area (Å²) in [6, 6.07) is 0. The van der Waals surface area contributed by atoms with Gasteiger partial charge in [-0.05, 0) is 6.42 Å². The smallest absolute Gasteiger partial charge is 0.447 e. The molecule has 0 aliphatic rings. The molecule has 0 aliphatic heterocycles. The number of hydrogen-bond donors (Lipinski definition) is 1. The van der Waals surface area contributed by atoms with Crippen molar-refractivity contribution >= 4 is 35.5 Å². The quantitative estimate of drug-likeness (QED) is 0.272. The molecule has 0 fully saturated rings. The monoisotopic (exact) mass is 274 g/mol. The van der Waals surface area contributed by atoms with Gasteiger partial charge in [0.2, 0.25) is 0 Å². The number of carboxylic acid groups (broad SMARTS) is 1. The molecule has 0 spiro atoms. The molecule has 0 aliphatic carbocycles. The van der Waals surface area contributed by atoms with Gasteiger partial charge in [-0.2, -0.15) is 9.68 Å². The number of carbonyl (C=O) groups is 2. The number of alkyl halides is 2. The molecule has 0 rings (SSSR count). The van der Waals surface area contributed by atoms with E-state index in [4.69, 9.17) is 28.3 Å². The van der Waals surface area contributed by atoms with Crippen LogP contribution in [0.5, 0.6) is 0 Å². The van der Waals surface area contributed by atoms with Gasteiger partial charge >= 0.3 is 12.3 Å². The van der Waals surface area contributed by atoms with E-state index in [9.17, 15) is 9.59 Å². The van der Waals surface area contributed by atoms with Crippen LogP contribution in [0.3, 0.4) is 0 Å². The molecule has 0 unspecified atom stereocenters. The molecular weight excluding hydrogens is 263 g/mol. The maximum Gasteiger partial charge on any atom is 0.552 e. The molecule has 0 radical (unpaired) electrons. The molecule has 0 saturated carbocycles. The van der Waals surface area contributed by atoms with Gasteiger partial charge in [0, 0.05) is 6.42 Å². The summed E-state index contributed by atoms with van der Waals surface area (Å²) in [5.74, 6) is 0. The van der Waals surface area contributed by atoms with Gasteiger partial charge in [-0.25, -0.2) is 9.68 Å². The third-order valence-corrected chi connectivity index (χ3v) is 2.02. The van der Waals surface area contributed by atoms with Crippen LogP contribution in [0, 0.1) is 0 Å². The minimum absolute atomic E-state index is 0.214. The Labute approximate surface area is 102 Å². The Morgan fingerprint density at radius 3 is 2.38 bits per heavy atom. The van der Waals surface area contributed by atoms with Crippen molar-refractivity contribution in [3.05, 3.63) is 0 Å². The highest BCUT2D eigenvalue weighted by Crippen LogP contribution is 2.29.